The normalized spacial score (nSPS) is 21.8. The molecule has 0 aromatic heterocycles. The van der Waals surface area contributed by atoms with Crippen LogP contribution in [0, 0.1) is 0 Å². The van der Waals surface area contributed by atoms with Gasteiger partial charge in [0, 0.05) is 49.7 Å². The van der Waals surface area contributed by atoms with E-state index < -0.39 is 0 Å². The van der Waals surface area contributed by atoms with Crippen LogP contribution in [0.5, 0.6) is 0 Å². The molecule has 3 aliphatic heterocycles. The Morgan fingerprint density at radius 1 is 1.18 bits per heavy atom. The number of aliphatic imine (C=N–C) groups is 1. The zero-order valence-corrected chi connectivity index (χ0v) is 19.6. The molecular weight excluding hydrogens is 430 g/mol. The summed E-state index contributed by atoms with van der Waals surface area (Å²) < 4.78 is 0. The Morgan fingerprint density at radius 3 is 2.79 bits per heavy atom. The van der Waals surface area contributed by atoms with E-state index in [9.17, 15) is 4.79 Å². The molecule has 2 amide bonds. The number of anilines is 1. The number of guanidine groups is 1. The Hall–Kier alpha value is -3.08. The third kappa shape index (κ3) is 6.72. The molecule has 0 radical (unpaired) electrons. The lowest BCUT2D eigenvalue weighted by Gasteiger charge is -2.29. The lowest BCUT2D eigenvalue weighted by molar-refractivity contribution is 0.243. The number of carbonyl (C=O) groups is 1. The molecule has 10 nitrogen and oxygen atoms in total. The van der Waals surface area contributed by atoms with Gasteiger partial charge in [-0.2, -0.15) is 0 Å². The molecule has 3 aliphatic rings. The predicted molar refractivity (Wildman–Crippen MR) is 136 cm³/mol. The van der Waals surface area contributed by atoms with Crippen molar-refractivity contribution in [2.75, 3.05) is 37.6 Å². The lowest BCUT2D eigenvalue weighted by atomic mass is 10.1. The quantitative estimate of drug-likeness (QED) is 0.142. The highest BCUT2D eigenvalue weighted by molar-refractivity contribution is 5.96. The number of amides is 2. The van der Waals surface area contributed by atoms with Gasteiger partial charge in [0.15, 0.2) is 5.96 Å². The number of benzene rings is 1. The topological polar surface area (TPSA) is 145 Å². The first kappa shape index (κ1) is 24.1. The molecule has 0 spiro atoms. The van der Waals surface area contributed by atoms with Crippen LogP contribution < -0.4 is 43.0 Å². The van der Waals surface area contributed by atoms with Crippen LogP contribution in [0.4, 0.5) is 10.5 Å². The maximum Gasteiger partial charge on any atom is 0.327 e. The number of nitrogens with two attached hydrogens (primary N) is 2. The van der Waals surface area contributed by atoms with E-state index in [1.165, 1.54) is 12.8 Å². The minimum atomic E-state index is -0.155. The van der Waals surface area contributed by atoms with Crippen molar-refractivity contribution in [2.45, 2.75) is 44.4 Å². The Morgan fingerprint density at radius 2 is 2.03 bits per heavy atom. The maximum absolute atomic E-state index is 12.7. The van der Waals surface area contributed by atoms with Gasteiger partial charge in [0.1, 0.15) is 6.17 Å². The van der Waals surface area contributed by atoms with Gasteiger partial charge in [0.2, 0.25) is 0 Å². The van der Waals surface area contributed by atoms with E-state index in [0.29, 0.717) is 12.6 Å². The number of hydrogen-bond donors (Lipinski definition) is 7. The third-order valence-electron chi connectivity index (χ3n) is 6.24. The molecule has 2 atom stereocenters. The van der Waals surface area contributed by atoms with E-state index in [4.69, 9.17) is 11.5 Å². The van der Waals surface area contributed by atoms with Crippen LogP contribution in [0.2, 0.25) is 0 Å². The summed E-state index contributed by atoms with van der Waals surface area (Å²) in [6, 6.07) is 8.44. The first-order chi connectivity index (χ1) is 16.6. The summed E-state index contributed by atoms with van der Waals surface area (Å²) in [5.74, 6) is 0.128. The molecule has 3 heterocycles. The Balaban J connectivity index is 1.26. The average Bonchev–Trinajstić information content (AvgIpc) is 3.23. The molecular formula is C24H37N9O. The van der Waals surface area contributed by atoms with Crippen molar-refractivity contribution in [2.24, 2.45) is 16.5 Å². The van der Waals surface area contributed by atoms with Gasteiger partial charge in [0.05, 0.1) is 5.69 Å². The number of urea groups is 1. The van der Waals surface area contributed by atoms with Crippen molar-refractivity contribution in [1.82, 2.24) is 26.6 Å². The third-order valence-corrected chi connectivity index (χ3v) is 6.24. The fourth-order valence-corrected chi connectivity index (χ4v) is 4.42. The van der Waals surface area contributed by atoms with Crippen molar-refractivity contribution < 1.29 is 4.79 Å². The number of rotatable bonds is 11. The molecule has 9 N–H and O–H groups in total. The van der Waals surface area contributed by atoms with Crippen LogP contribution in [0.25, 0.3) is 0 Å². The Labute approximate surface area is 201 Å². The fraction of sp³-hybridized carbons (Fsp3) is 0.500. The van der Waals surface area contributed by atoms with E-state index in [1.54, 1.807) is 4.90 Å². The van der Waals surface area contributed by atoms with Gasteiger partial charge >= 0.3 is 6.03 Å². The van der Waals surface area contributed by atoms with Crippen LogP contribution in [-0.4, -0.2) is 56.9 Å². The largest absolute Gasteiger partial charge is 0.370 e. The molecule has 184 valence electrons. The maximum atomic E-state index is 12.7. The van der Waals surface area contributed by atoms with E-state index in [0.717, 1.165) is 68.1 Å². The molecule has 34 heavy (non-hydrogen) atoms. The minimum absolute atomic E-state index is 0.128. The minimum Gasteiger partial charge on any atom is -0.370 e. The highest BCUT2D eigenvalue weighted by Gasteiger charge is 2.30. The van der Waals surface area contributed by atoms with Crippen molar-refractivity contribution >= 4 is 17.7 Å². The summed E-state index contributed by atoms with van der Waals surface area (Å²) >= 11 is 0. The number of fused-ring (bicyclic) bond motifs is 1. The number of nitrogens with one attached hydrogen (secondary N) is 5. The summed E-state index contributed by atoms with van der Waals surface area (Å²) in [4.78, 5) is 18.4. The standard InChI is InChI=1S/C24H37N9O/c25-23(26)30-11-2-10-27-14-17-4-6-21(7-5-17)33-16-18-13-19(31-22(18)32-24(33)34)8-12-29-20-3-1-9-28-15-20/h4-7,13,16,20,22,27-29,31H,1-3,8-12,14-15H2,(H,32,34)(H4,25,26,30). The second-order valence-corrected chi connectivity index (χ2v) is 8.95. The van der Waals surface area contributed by atoms with Crippen molar-refractivity contribution in [3.8, 4) is 0 Å². The van der Waals surface area contributed by atoms with E-state index >= 15 is 0 Å². The smallest absolute Gasteiger partial charge is 0.327 e. The van der Waals surface area contributed by atoms with Crippen LogP contribution in [0.3, 0.4) is 0 Å². The fourth-order valence-electron chi connectivity index (χ4n) is 4.42. The lowest BCUT2D eigenvalue weighted by Crippen LogP contribution is -2.51. The molecule has 1 fully saturated rings. The second kappa shape index (κ2) is 11.9. The van der Waals surface area contributed by atoms with Crippen molar-refractivity contribution in [1.29, 1.82) is 0 Å². The van der Waals surface area contributed by atoms with Crippen LogP contribution in [-0.2, 0) is 6.54 Å². The molecule has 1 aromatic carbocycles. The van der Waals surface area contributed by atoms with Gasteiger partial charge in [-0.1, -0.05) is 12.1 Å². The first-order valence-corrected chi connectivity index (χ1v) is 12.2. The van der Waals surface area contributed by atoms with Gasteiger partial charge in [-0.05, 0) is 62.5 Å². The monoisotopic (exact) mass is 467 g/mol. The molecule has 1 saturated heterocycles. The first-order valence-electron chi connectivity index (χ1n) is 12.2. The number of nitrogens with zero attached hydrogens (tertiary/aromatic N) is 2. The zero-order valence-electron chi connectivity index (χ0n) is 19.6. The summed E-state index contributed by atoms with van der Waals surface area (Å²) in [5, 5.41) is 16.9. The predicted octanol–water partition coefficient (Wildman–Crippen LogP) is 0.398. The van der Waals surface area contributed by atoms with Gasteiger partial charge in [-0.3, -0.25) is 9.89 Å². The molecule has 4 rings (SSSR count). The molecule has 0 saturated carbocycles. The van der Waals surface area contributed by atoms with E-state index in [-0.39, 0.29) is 18.2 Å². The summed E-state index contributed by atoms with van der Waals surface area (Å²) in [7, 11) is 0. The van der Waals surface area contributed by atoms with E-state index in [1.807, 2.05) is 30.5 Å². The van der Waals surface area contributed by atoms with Gasteiger partial charge in [0.25, 0.3) is 0 Å². The van der Waals surface area contributed by atoms with Gasteiger partial charge in [-0.25, -0.2) is 4.79 Å². The van der Waals surface area contributed by atoms with E-state index in [2.05, 4.69) is 37.7 Å². The van der Waals surface area contributed by atoms with Crippen LogP contribution >= 0.6 is 0 Å². The highest BCUT2D eigenvalue weighted by atomic mass is 16.2. The molecule has 2 unspecified atom stereocenters. The second-order valence-electron chi connectivity index (χ2n) is 8.95. The van der Waals surface area contributed by atoms with Crippen LogP contribution in [0.1, 0.15) is 31.2 Å². The number of hydrogen-bond acceptors (Lipinski definition) is 6. The van der Waals surface area contributed by atoms with Gasteiger partial charge in [-0.15, -0.1) is 0 Å². The van der Waals surface area contributed by atoms with Crippen LogP contribution in [0.15, 0.2) is 52.8 Å². The SMILES string of the molecule is NC(N)=NCCCNCc1ccc(N2C=C3C=C(CCNC4CCCNC4)NC3NC2=O)cc1. The zero-order chi connectivity index (χ0) is 23.8. The molecule has 0 aliphatic carbocycles. The number of carbonyl (C=O) groups excluding carboxylic acids is 1. The van der Waals surface area contributed by atoms with Crippen molar-refractivity contribution in [3.05, 3.63) is 53.4 Å². The molecule has 10 heteroatoms. The van der Waals surface area contributed by atoms with Gasteiger partial charge < -0.3 is 38.1 Å². The number of piperidine rings is 1. The summed E-state index contributed by atoms with van der Waals surface area (Å²) in [6.07, 6.45) is 8.17. The highest BCUT2D eigenvalue weighted by Crippen LogP contribution is 2.25. The summed E-state index contributed by atoms with van der Waals surface area (Å²) in [6.45, 7) is 5.28. The Kier molecular flexibility index (Phi) is 8.40. The van der Waals surface area contributed by atoms with Crippen molar-refractivity contribution in [3.63, 3.8) is 0 Å². The Bertz CT molecular complexity index is 915. The molecule has 1 aromatic rings. The average molecular weight is 468 g/mol. The molecule has 0 bridgehead atoms. The summed E-state index contributed by atoms with van der Waals surface area (Å²) in [5.41, 5.74) is 14.9.